The van der Waals surface area contributed by atoms with Crippen LogP contribution in [0.15, 0.2) is 35.5 Å². The van der Waals surface area contributed by atoms with E-state index in [-0.39, 0.29) is 11.6 Å². The highest BCUT2D eigenvalue weighted by atomic mass is 16.3. The van der Waals surface area contributed by atoms with Gasteiger partial charge >= 0.3 is 0 Å². The zero-order valence-electron chi connectivity index (χ0n) is 16.9. The Bertz CT molecular complexity index is 1120. The molecule has 1 fully saturated rings. The summed E-state index contributed by atoms with van der Waals surface area (Å²) in [6.45, 7) is 1.99. The molecule has 5 heteroatoms. The van der Waals surface area contributed by atoms with Crippen molar-refractivity contribution < 1.29 is 5.11 Å². The fraction of sp³-hybridized carbons (Fsp3) is 0.458. The second-order valence-electron chi connectivity index (χ2n) is 8.60. The molecule has 0 aliphatic heterocycles. The Morgan fingerprint density at radius 1 is 1.10 bits per heavy atom. The Morgan fingerprint density at radius 2 is 1.93 bits per heavy atom. The van der Waals surface area contributed by atoms with Gasteiger partial charge in [-0.05, 0) is 79.8 Å². The lowest BCUT2D eigenvalue weighted by atomic mass is 9.92. The number of fused-ring (bicyclic) bond motifs is 3. The van der Waals surface area contributed by atoms with Crippen molar-refractivity contribution in [2.45, 2.75) is 70.4 Å². The highest BCUT2D eigenvalue weighted by Crippen LogP contribution is 2.33. The maximum Gasteiger partial charge on any atom is 0.261 e. The molecule has 2 atom stereocenters. The Morgan fingerprint density at radius 3 is 2.72 bits per heavy atom. The van der Waals surface area contributed by atoms with Gasteiger partial charge in [-0.2, -0.15) is 0 Å². The topological polar surface area (TPSA) is 68.0 Å². The molecule has 0 unspecified atom stereocenters. The molecule has 2 aliphatic carbocycles. The smallest absolute Gasteiger partial charge is 0.261 e. The number of hydrogen-bond donors (Lipinski definition) is 1. The lowest BCUT2D eigenvalue weighted by molar-refractivity contribution is 0.0735. The average Bonchev–Trinajstić information content (AvgIpc) is 3.22. The minimum atomic E-state index is -0.465. The molecule has 0 bridgehead atoms. The summed E-state index contributed by atoms with van der Waals surface area (Å²) in [6, 6.07) is 6.05. The van der Waals surface area contributed by atoms with Crippen LogP contribution < -0.4 is 5.56 Å². The van der Waals surface area contributed by atoms with Crippen LogP contribution in [0.4, 0.5) is 0 Å². The summed E-state index contributed by atoms with van der Waals surface area (Å²) in [4.78, 5) is 22.6. The van der Waals surface area contributed by atoms with Gasteiger partial charge in [0.1, 0.15) is 0 Å². The summed E-state index contributed by atoms with van der Waals surface area (Å²) in [6.07, 6.45) is 10.7. The second-order valence-corrected chi connectivity index (χ2v) is 8.60. The first-order valence-electron chi connectivity index (χ1n) is 10.8. The highest BCUT2D eigenvalue weighted by molar-refractivity contribution is 5.84. The van der Waals surface area contributed by atoms with E-state index in [1.165, 1.54) is 16.7 Å². The third-order valence-electron chi connectivity index (χ3n) is 6.66. The Hall–Kier alpha value is -2.53. The summed E-state index contributed by atoms with van der Waals surface area (Å²) < 4.78 is 1.69. The summed E-state index contributed by atoms with van der Waals surface area (Å²) in [7, 11) is 0. The third-order valence-corrected chi connectivity index (χ3v) is 6.66. The van der Waals surface area contributed by atoms with Gasteiger partial charge in [0.15, 0.2) is 0 Å². The highest BCUT2D eigenvalue weighted by Gasteiger charge is 2.27. The van der Waals surface area contributed by atoms with Crippen molar-refractivity contribution in [2.24, 2.45) is 0 Å². The maximum absolute atomic E-state index is 13.4. The average molecular weight is 389 g/mol. The van der Waals surface area contributed by atoms with Gasteiger partial charge in [-0.3, -0.25) is 14.3 Å². The monoisotopic (exact) mass is 389 g/mol. The predicted octanol–water partition coefficient (Wildman–Crippen LogP) is 3.66. The number of benzene rings is 1. The third kappa shape index (κ3) is 3.27. The number of aliphatic hydroxyl groups is 1. The summed E-state index contributed by atoms with van der Waals surface area (Å²) >= 11 is 0. The molecule has 3 aromatic rings. The van der Waals surface area contributed by atoms with Gasteiger partial charge in [0.2, 0.25) is 0 Å². The van der Waals surface area contributed by atoms with Gasteiger partial charge in [0.25, 0.3) is 5.56 Å². The van der Waals surface area contributed by atoms with E-state index in [9.17, 15) is 9.90 Å². The number of aliphatic hydroxyl groups excluding tert-OH is 1. The molecule has 2 aromatic heterocycles. The Labute approximate surface area is 170 Å². The Kier molecular flexibility index (Phi) is 4.70. The van der Waals surface area contributed by atoms with Gasteiger partial charge in [-0.15, -0.1) is 0 Å². The van der Waals surface area contributed by atoms with Gasteiger partial charge < -0.3 is 5.11 Å². The minimum Gasteiger partial charge on any atom is -0.391 e. The predicted molar refractivity (Wildman–Crippen MR) is 113 cm³/mol. The molecular formula is C24H27N3O2. The van der Waals surface area contributed by atoms with Crippen LogP contribution in [0.5, 0.6) is 0 Å². The molecule has 0 radical (unpaired) electrons. The lowest BCUT2D eigenvalue weighted by Crippen LogP contribution is -2.34. The van der Waals surface area contributed by atoms with Gasteiger partial charge in [-0.25, -0.2) is 4.98 Å². The van der Waals surface area contributed by atoms with E-state index in [1.54, 1.807) is 10.9 Å². The number of pyridine rings is 1. The summed E-state index contributed by atoms with van der Waals surface area (Å²) in [5.41, 5.74) is 6.84. The van der Waals surface area contributed by atoms with Crippen molar-refractivity contribution in [1.82, 2.24) is 14.5 Å². The number of rotatable bonds is 3. The molecule has 0 amide bonds. The van der Waals surface area contributed by atoms with Crippen LogP contribution in [0.3, 0.4) is 0 Å². The van der Waals surface area contributed by atoms with Crippen molar-refractivity contribution in [2.75, 3.05) is 0 Å². The molecule has 0 spiro atoms. The molecule has 1 saturated carbocycles. The number of hydrogen-bond acceptors (Lipinski definition) is 4. The number of aromatic nitrogens is 3. The van der Waals surface area contributed by atoms with E-state index < -0.39 is 6.10 Å². The first-order chi connectivity index (χ1) is 14.1. The van der Waals surface area contributed by atoms with E-state index in [1.807, 2.05) is 19.2 Å². The molecule has 5 rings (SSSR count). The van der Waals surface area contributed by atoms with E-state index in [0.29, 0.717) is 5.39 Å². The van der Waals surface area contributed by atoms with Crippen LogP contribution in [0.1, 0.15) is 66.1 Å². The minimum absolute atomic E-state index is 0.0149. The molecule has 0 saturated heterocycles. The van der Waals surface area contributed by atoms with E-state index >= 15 is 0 Å². The van der Waals surface area contributed by atoms with Crippen molar-refractivity contribution in [1.29, 1.82) is 0 Å². The molecule has 2 aliphatic rings. The van der Waals surface area contributed by atoms with Crippen molar-refractivity contribution in [3.05, 3.63) is 69.0 Å². The van der Waals surface area contributed by atoms with Crippen molar-refractivity contribution >= 4 is 10.9 Å². The quantitative estimate of drug-likeness (QED) is 0.742. The molecule has 150 valence electrons. The fourth-order valence-electron chi connectivity index (χ4n) is 5.11. The van der Waals surface area contributed by atoms with Crippen molar-refractivity contribution in [3.63, 3.8) is 0 Å². The van der Waals surface area contributed by atoms with Crippen LogP contribution in [0.2, 0.25) is 0 Å². The maximum atomic E-state index is 13.4. The zero-order valence-corrected chi connectivity index (χ0v) is 16.9. The molecule has 5 nitrogen and oxygen atoms in total. The van der Waals surface area contributed by atoms with Crippen LogP contribution in [0, 0.1) is 6.92 Å². The number of nitrogens with zero attached hydrogens (tertiary/aromatic N) is 3. The van der Waals surface area contributed by atoms with Gasteiger partial charge in [-0.1, -0.05) is 18.9 Å². The van der Waals surface area contributed by atoms with E-state index in [2.05, 4.69) is 17.1 Å². The molecular weight excluding hydrogens is 362 g/mol. The van der Waals surface area contributed by atoms with E-state index in [0.717, 1.165) is 68.1 Å². The summed E-state index contributed by atoms with van der Waals surface area (Å²) in [5, 5.41) is 11.1. The normalized spacial score (nSPS) is 21.4. The molecule has 1 aromatic carbocycles. The molecule has 2 heterocycles. The van der Waals surface area contributed by atoms with Gasteiger partial charge in [0.05, 0.1) is 29.4 Å². The lowest BCUT2D eigenvalue weighted by Gasteiger charge is -2.29. The van der Waals surface area contributed by atoms with Crippen LogP contribution in [-0.2, 0) is 19.3 Å². The Balaban J connectivity index is 1.63. The largest absolute Gasteiger partial charge is 0.391 e. The van der Waals surface area contributed by atoms with Crippen LogP contribution in [-0.4, -0.2) is 25.7 Å². The standard InChI is InChI=1S/C24H27N3O2/c1-15-9-10-16(13-25-15)11-17-12-20-23(19-6-4-5-18(17)19)26-14-27(24(20)29)21-7-2-3-8-22(21)28/h9-10,12-14,21-22,28H,2-8,11H2,1H3/t21-,22-/m0/s1. The van der Waals surface area contributed by atoms with E-state index in [4.69, 9.17) is 4.98 Å². The molecule has 1 N–H and O–H groups in total. The first kappa shape index (κ1) is 18.5. The van der Waals surface area contributed by atoms with Crippen molar-refractivity contribution in [3.8, 4) is 0 Å². The van der Waals surface area contributed by atoms with Gasteiger partial charge in [0, 0.05) is 11.9 Å². The number of aryl methyl sites for hydroxylation is 2. The SMILES string of the molecule is Cc1ccc(Cc2cc3c(=O)n([C@H]4CCCC[C@@H]4O)cnc3c3c2CCC3)cn1. The molecule has 29 heavy (non-hydrogen) atoms. The fourth-order valence-corrected chi connectivity index (χ4v) is 5.11. The second kappa shape index (κ2) is 7.38. The van der Waals surface area contributed by atoms with Crippen LogP contribution in [0.25, 0.3) is 10.9 Å². The first-order valence-corrected chi connectivity index (χ1v) is 10.8. The summed E-state index contributed by atoms with van der Waals surface area (Å²) in [5.74, 6) is 0. The van der Waals surface area contributed by atoms with Crippen LogP contribution >= 0.6 is 0 Å². The zero-order chi connectivity index (χ0) is 20.0.